The van der Waals surface area contributed by atoms with Crippen molar-refractivity contribution < 1.29 is 15.0 Å². The second-order valence-corrected chi connectivity index (χ2v) is 5.28. The van der Waals surface area contributed by atoms with E-state index in [9.17, 15) is 9.90 Å². The smallest absolute Gasteiger partial charge is 0.336 e. The molecule has 1 aromatic carbocycles. The second-order valence-electron chi connectivity index (χ2n) is 5.28. The molecule has 1 saturated carbocycles. The van der Waals surface area contributed by atoms with Gasteiger partial charge in [0.2, 0.25) is 0 Å². The third kappa shape index (κ3) is 3.09. The monoisotopic (exact) mass is 274 g/mol. The van der Waals surface area contributed by atoms with Gasteiger partial charge in [-0.15, -0.1) is 0 Å². The molecule has 5 nitrogen and oxygen atoms in total. The summed E-state index contributed by atoms with van der Waals surface area (Å²) in [6, 6.07) is 5.40. The van der Waals surface area contributed by atoms with Crippen molar-refractivity contribution in [2.45, 2.75) is 44.8 Å². The number of aliphatic hydroxyl groups is 1. The van der Waals surface area contributed by atoms with Gasteiger partial charge in [0, 0.05) is 6.04 Å². The number of anilines is 1. The first kappa shape index (κ1) is 14.4. The van der Waals surface area contributed by atoms with Crippen LogP contribution in [0.5, 0.6) is 0 Å². The largest absolute Gasteiger partial charge is 0.478 e. The number of hydrogen-bond donors (Lipinski definition) is 3. The summed E-state index contributed by atoms with van der Waals surface area (Å²) < 4.78 is 0. The maximum absolute atomic E-state index is 11.2. The van der Waals surface area contributed by atoms with Gasteiger partial charge in [-0.3, -0.25) is 0 Å². The lowest BCUT2D eigenvalue weighted by atomic mass is 9.92. The second kappa shape index (κ2) is 5.93. The van der Waals surface area contributed by atoms with Gasteiger partial charge in [0.05, 0.1) is 22.9 Å². The van der Waals surface area contributed by atoms with Crippen LogP contribution in [0.1, 0.15) is 47.2 Å². The van der Waals surface area contributed by atoms with E-state index >= 15 is 0 Å². The third-order valence-corrected chi connectivity index (χ3v) is 3.77. The quantitative estimate of drug-likeness (QED) is 0.786. The lowest BCUT2D eigenvalue weighted by molar-refractivity contribution is 0.0696. The molecule has 3 N–H and O–H groups in total. The average molecular weight is 274 g/mol. The van der Waals surface area contributed by atoms with E-state index < -0.39 is 5.97 Å². The Kier molecular flexibility index (Phi) is 4.26. The highest BCUT2D eigenvalue weighted by molar-refractivity contribution is 5.91. The maximum Gasteiger partial charge on any atom is 0.336 e. The molecule has 0 unspecified atom stereocenters. The summed E-state index contributed by atoms with van der Waals surface area (Å²) in [5.41, 5.74) is 1.82. The molecule has 0 amide bonds. The lowest BCUT2D eigenvalue weighted by Gasteiger charge is -2.27. The summed E-state index contributed by atoms with van der Waals surface area (Å²) in [6.07, 6.45) is 2.87. The molecule has 0 aliphatic heterocycles. The molecule has 1 aromatic rings. The van der Waals surface area contributed by atoms with Gasteiger partial charge in [0.1, 0.15) is 6.07 Å². The van der Waals surface area contributed by atoms with E-state index in [1.54, 1.807) is 13.0 Å². The molecule has 0 saturated heterocycles. The molecule has 2 rings (SSSR count). The lowest BCUT2D eigenvalue weighted by Crippen LogP contribution is -2.28. The Labute approximate surface area is 117 Å². The molecule has 1 aliphatic carbocycles. The fourth-order valence-corrected chi connectivity index (χ4v) is 2.59. The summed E-state index contributed by atoms with van der Waals surface area (Å²) >= 11 is 0. The predicted octanol–water partition coefficient (Wildman–Crippen LogP) is 2.28. The number of carboxylic acid groups (broad SMARTS) is 1. The number of carbonyl (C=O) groups is 1. The zero-order chi connectivity index (χ0) is 14.7. The fraction of sp³-hybridized carbons (Fsp3) is 0.467. The van der Waals surface area contributed by atoms with Gasteiger partial charge >= 0.3 is 5.97 Å². The molecule has 0 radical (unpaired) electrons. The molecule has 5 heteroatoms. The standard InChI is InChI=1S/C15H18N2O3/c1-9-6-10(8-16)14(7-13(9)15(19)20)17-11-2-4-12(18)5-3-11/h6-7,11-12,17-18H,2-5H2,1H3,(H,19,20)/t11-,12-. The first-order valence-corrected chi connectivity index (χ1v) is 6.74. The maximum atomic E-state index is 11.2. The first-order chi connectivity index (χ1) is 9.51. The number of carboxylic acids is 1. The van der Waals surface area contributed by atoms with Crippen LogP contribution in [0.15, 0.2) is 12.1 Å². The number of nitrogens with one attached hydrogen (secondary N) is 1. The van der Waals surface area contributed by atoms with Crippen LogP contribution < -0.4 is 5.32 Å². The van der Waals surface area contributed by atoms with Crippen LogP contribution in [0.3, 0.4) is 0 Å². The summed E-state index contributed by atoms with van der Waals surface area (Å²) in [5.74, 6) is -0.992. The predicted molar refractivity (Wildman–Crippen MR) is 74.7 cm³/mol. The van der Waals surface area contributed by atoms with Crippen LogP contribution in [-0.4, -0.2) is 28.3 Å². The topological polar surface area (TPSA) is 93.4 Å². The van der Waals surface area contributed by atoms with Gasteiger partial charge in [-0.05, 0) is 50.3 Å². The van der Waals surface area contributed by atoms with Crippen LogP contribution in [0.25, 0.3) is 0 Å². The summed E-state index contributed by atoms with van der Waals surface area (Å²) in [4.78, 5) is 11.2. The van der Waals surface area contributed by atoms with Crippen LogP contribution in [-0.2, 0) is 0 Å². The number of nitriles is 1. The SMILES string of the molecule is Cc1cc(C#N)c(N[C@H]2CC[C@H](O)CC2)cc1C(=O)O. The molecule has 1 fully saturated rings. The number of nitrogens with zero attached hydrogens (tertiary/aromatic N) is 1. The average Bonchev–Trinajstić information content (AvgIpc) is 2.42. The Bertz CT molecular complexity index is 555. The number of benzene rings is 1. The van der Waals surface area contributed by atoms with Gasteiger partial charge in [-0.1, -0.05) is 0 Å². The molecule has 0 aromatic heterocycles. The molecule has 106 valence electrons. The minimum Gasteiger partial charge on any atom is -0.478 e. The molecular weight excluding hydrogens is 256 g/mol. The third-order valence-electron chi connectivity index (χ3n) is 3.77. The van der Waals surface area contributed by atoms with E-state index in [0.29, 0.717) is 16.8 Å². The highest BCUT2D eigenvalue weighted by atomic mass is 16.4. The van der Waals surface area contributed by atoms with Crippen LogP contribution in [0.2, 0.25) is 0 Å². The van der Waals surface area contributed by atoms with Crippen molar-refractivity contribution in [3.05, 3.63) is 28.8 Å². The Morgan fingerprint density at radius 1 is 1.35 bits per heavy atom. The van der Waals surface area contributed by atoms with Crippen molar-refractivity contribution in [2.75, 3.05) is 5.32 Å². The van der Waals surface area contributed by atoms with Crippen LogP contribution >= 0.6 is 0 Å². The minimum absolute atomic E-state index is 0.176. The Morgan fingerprint density at radius 3 is 2.55 bits per heavy atom. The van der Waals surface area contributed by atoms with Crippen LogP contribution in [0.4, 0.5) is 5.69 Å². The van der Waals surface area contributed by atoms with E-state index in [1.807, 2.05) is 0 Å². The molecule has 0 bridgehead atoms. The molecule has 1 aliphatic rings. The highest BCUT2D eigenvalue weighted by Gasteiger charge is 2.21. The number of rotatable bonds is 3. The van der Waals surface area contributed by atoms with Gasteiger partial charge < -0.3 is 15.5 Å². The normalized spacial score (nSPS) is 22.1. The van der Waals surface area contributed by atoms with Gasteiger partial charge in [0.15, 0.2) is 0 Å². The van der Waals surface area contributed by atoms with Crippen molar-refractivity contribution in [2.24, 2.45) is 0 Å². The van der Waals surface area contributed by atoms with E-state index in [-0.39, 0.29) is 17.7 Å². The highest BCUT2D eigenvalue weighted by Crippen LogP contribution is 2.26. The number of aromatic carboxylic acids is 1. The molecule has 0 spiro atoms. The Hall–Kier alpha value is -2.06. The number of hydrogen-bond acceptors (Lipinski definition) is 4. The zero-order valence-corrected chi connectivity index (χ0v) is 11.4. The van der Waals surface area contributed by atoms with E-state index in [1.165, 1.54) is 6.07 Å². The fourth-order valence-electron chi connectivity index (χ4n) is 2.59. The summed E-state index contributed by atoms with van der Waals surface area (Å²) in [6.45, 7) is 1.69. The van der Waals surface area contributed by atoms with Gasteiger partial charge in [0.25, 0.3) is 0 Å². The molecule has 0 heterocycles. The molecular formula is C15H18N2O3. The summed E-state index contributed by atoms with van der Waals surface area (Å²) in [7, 11) is 0. The van der Waals surface area contributed by atoms with Crippen molar-refractivity contribution in [3.63, 3.8) is 0 Å². The minimum atomic E-state index is -0.992. The van der Waals surface area contributed by atoms with Gasteiger partial charge in [-0.2, -0.15) is 5.26 Å². The van der Waals surface area contributed by atoms with Crippen molar-refractivity contribution in [1.82, 2.24) is 0 Å². The van der Waals surface area contributed by atoms with Crippen LogP contribution in [0, 0.1) is 18.3 Å². The van der Waals surface area contributed by atoms with Crippen molar-refractivity contribution in [3.8, 4) is 6.07 Å². The van der Waals surface area contributed by atoms with E-state index in [2.05, 4.69) is 11.4 Å². The molecule has 20 heavy (non-hydrogen) atoms. The molecule has 0 atom stereocenters. The van der Waals surface area contributed by atoms with Gasteiger partial charge in [-0.25, -0.2) is 4.79 Å². The van der Waals surface area contributed by atoms with Crippen molar-refractivity contribution >= 4 is 11.7 Å². The zero-order valence-electron chi connectivity index (χ0n) is 11.4. The van der Waals surface area contributed by atoms with E-state index in [4.69, 9.17) is 10.4 Å². The Morgan fingerprint density at radius 2 is 2.00 bits per heavy atom. The number of aryl methyl sites for hydroxylation is 1. The van der Waals surface area contributed by atoms with Crippen molar-refractivity contribution in [1.29, 1.82) is 5.26 Å². The van der Waals surface area contributed by atoms with E-state index in [0.717, 1.165) is 25.7 Å². The summed E-state index contributed by atoms with van der Waals surface area (Å²) in [5, 5.41) is 31.1. The first-order valence-electron chi connectivity index (χ1n) is 6.74. The number of aliphatic hydroxyl groups excluding tert-OH is 1. The Balaban J connectivity index is 2.24.